The number of carbonyl (C=O) groups is 2. The summed E-state index contributed by atoms with van der Waals surface area (Å²) in [5.74, 6) is -0.364. The number of anilines is 1. The van der Waals surface area contributed by atoms with Gasteiger partial charge < -0.3 is 5.32 Å². The maximum absolute atomic E-state index is 13.0. The van der Waals surface area contributed by atoms with Crippen molar-refractivity contribution in [1.82, 2.24) is 5.32 Å². The number of thioether (sulfide) groups is 2. The Balaban J connectivity index is 1.62. The van der Waals surface area contributed by atoms with Gasteiger partial charge in [0.2, 0.25) is 0 Å². The smallest absolute Gasteiger partial charge is 0.270 e. The molecule has 4 rings (SSSR count). The number of carbonyl (C=O) groups excluding carboxylic acids is 2. The molecular formula is C21H14N2O2S4. The SMILES string of the molecule is Cc1ccc(/C=C2\SC(=S)N(c3cccc(/C=C4\SC(=S)NC4=O)c3)C2=O)cc1. The predicted molar refractivity (Wildman–Crippen MR) is 130 cm³/mol. The van der Waals surface area contributed by atoms with E-state index in [9.17, 15) is 9.59 Å². The van der Waals surface area contributed by atoms with E-state index in [4.69, 9.17) is 24.4 Å². The molecule has 2 heterocycles. The molecule has 2 fully saturated rings. The van der Waals surface area contributed by atoms with Crippen LogP contribution in [-0.4, -0.2) is 20.5 Å². The summed E-state index contributed by atoms with van der Waals surface area (Å²) in [4.78, 5) is 27.5. The van der Waals surface area contributed by atoms with E-state index >= 15 is 0 Å². The van der Waals surface area contributed by atoms with Crippen LogP contribution in [-0.2, 0) is 9.59 Å². The van der Waals surface area contributed by atoms with Gasteiger partial charge in [-0.15, -0.1) is 0 Å². The highest BCUT2D eigenvalue weighted by atomic mass is 32.2. The highest BCUT2D eigenvalue weighted by Gasteiger charge is 2.33. The average Bonchev–Trinajstić information content (AvgIpc) is 3.14. The van der Waals surface area contributed by atoms with Gasteiger partial charge in [0.05, 0.1) is 15.5 Å². The van der Waals surface area contributed by atoms with Crippen molar-refractivity contribution in [2.75, 3.05) is 4.90 Å². The van der Waals surface area contributed by atoms with Crippen molar-refractivity contribution in [1.29, 1.82) is 0 Å². The second-order valence-corrected chi connectivity index (χ2v) is 9.77. The molecule has 29 heavy (non-hydrogen) atoms. The van der Waals surface area contributed by atoms with Gasteiger partial charge in [-0.05, 0) is 42.3 Å². The molecule has 2 aromatic carbocycles. The lowest BCUT2D eigenvalue weighted by molar-refractivity contribution is -0.115. The summed E-state index contributed by atoms with van der Waals surface area (Å²) in [7, 11) is 0. The molecule has 2 aromatic rings. The van der Waals surface area contributed by atoms with E-state index in [1.807, 2.05) is 61.5 Å². The second-order valence-electron chi connectivity index (χ2n) is 6.38. The van der Waals surface area contributed by atoms with Gasteiger partial charge in [-0.3, -0.25) is 14.5 Å². The quantitative estimate of drug-likeness (QED) is 0.526. The summed E-state index contributed by atoms with van der Waals surface area (Å²) in [6.45, 7) is 2.02. The van der Waals surface area contributed by atoms with E-state index in [0.29, 0.717) is 24.1 Å². The van der Waals surface area contributed by atoms with Crippen LogP contribution in [0.5, 0.6) is 0 Å². The number of thiocarbonyl (C=S) groups is 2. The summed E-state index contributed by atoms with van der Waals surface area (Å²) >= 11 is 13.0. The lowest BCUT2D eigenvalue weighted by Gasteiger charge is -2.15. The Morgan fingerprint density at radius 2 is 1.66 bits per heavy atom. The van der Waals surface area contributed by atoms with E-state index in [-0.39, 0.29) is 11.8 Å². The van der Waals surface area contributed by atoms with Crippen LogP contribution in [0.2, 0.25) is 0 Å². The number of nitrogens with zero attached hydrogens (tertiary/aromatic N) is 1. The van der Waals surface area contributed by atoms with Crippen molar-refractivity contribution in [3.05, 3.63) is 75.0 Å². The fourth-order valence-electron chi connectivity index (χ4n) is 2.83. The predicted octanol–water partition coefficient (Wildman–Crippen LogP) is 4.89. The second kappa shape index (κ2) is 8.23. The number of rotatable bonds is 3. The van der Waals surface area contributed by atoms with Crippen molar-refractivity contribution in [3.8, 4) is 0 Å². The zero-order chi connectivity index (χ0) is 20.5. The molecule has 1 N–H and O–H groups in total. The Bertz CT molecular complexity index is 1120. The van der Waals surface area contributed by atoms with Crippen molar-refractivity contribution < 1.29 is 9.59 Å². The van der Waals surface area contributed by atoms with Gasteiger partial charge in [0.25, 0.3) is 11.8 Å². The number of hydrogen-bond donors (Lipinski definition) is 1. The number of benzene rings is 2. The molecule has 0 unspecified atom stereocenters. The highest BCUT2D eigenvalue weighted by molar-refractivity contribution is 8.27. The van der Waals surface area contributed by atoms with Gasteiger partial charge in [0.15, 0.2) is 4.32 Å². The lowest BCUT2D eigenvalue weighted by atomic mass is 10.1. The van der Waals surface area contributed by atoms with E-state index in [2.05, 4.69) is 5.32 Å². The van der Waals surface area contributed by atoms with Crippen LogP contribution in [0.25, 0.3) is 12.2 Å². The minimum atomic E-state index is -0.211. The highest BCUT2D eigenvalue weighted by Crippen LogP contribution is 2.36. The van der Waals surface area contributed by atoms with Gasteiger partial charge in [-0.2, -0.15) is 0 Å². The zero-order valence-electron chi connectivity index (χ0n) is 15.2. The van der Waals surface area contributed by atoms with Crippen molar-refractivity contribution in [2.45, 2.75) is 6.92 Å². The molecule has 0 atom stereocenters. The topological polar surface area (TPSA) is 49.4 Å². The van der Waals surface area contributed by atoms with Crippen LogP contribution in [0.1, 0.15) is 16.7 Å². The first-order chi connectivity index (χ1) is 13.9. The minimum Gasteiger partial charge on any atom is -0.307 e. The number of aryl methyl sites for hydroxylation is 1. The fourth-order valence-corrected chi connectivity index (χ4v) is 5.17. The maximum atomic E-state index is 13.0. The molecule has 8 heteroatoms. The molecule has 2 aliphatic heterocycles. The first kappa shape index (κ1) is 20.0. The first-order valence-corrected chi connectivity index (χ1v) is 11.1. The lowest BCUT2D eigenvalue weighted by Crippen LogP contribution is -2.27. The first-order valence-electron chi connectivity index (χ1n) is 8.60. The van der Waals surface area contributed by atoms with Gasteiger partial charge >= 0.3 is 0 Å². The van der Waals surface area contributed by atoms with Gasteiger partial charge in [-0.25, -0.2) is 0 Å². The zero-order valence-corrected chi connectivity index (χ0v) is 18.4. The molecule has 0 spiro atoms. The molecule has 0 saturated carbocycles. The summed E-state index contributed by atoms with van der Waals surface area (Å²) < 4.78 is 0.919. The van der Waals surface area contributed by atoms with Gasteiger partial charge in [0, 0.05) is 0 Å². The molecule has 0 aromatic heterocycles. The molecule has 0 bridgehead atoms. The van der Waals surface area contributed by atoms with Crippen LogP contribution in [0.15, 0.2) is 58.3 Å². The molecule has 2 saturated heterocycles. The molecule has 2 aliphatic rings. The van der Waals surface area contributed by atoms with E-state index in [0.717, 1.165) is 16.7 Å². The van der Waals surface area contributed by atoms with Crippen LogP contribution >= 0.6 is 48.0 Å². The Hall–Kier alpha value is -2.26. The summed E-state index contributed by atoms with van der Waals surface area (Å²) in [5.41, 5.74) is 3.58. The average molecular weight is 455 g/mol. The largest absolute Gasteiger partial charge is 0.307 e. The molecule has 0 aliphatic carbocycles. The van der Waals surface area contributed by atoms with E-state index < -0.39 is 0 Å². The summed E-state index contributed by atoms with van der Waals surface area (Å²) in [6, 6.07) is 15.3. The fraction of sp³-hybridized carbons (Fsp3) is 0.0476. The molecule has 4 nitrogen and oxygen atoms in total. The van der Waals surface area contributed by atoms with Crippen LogP contribution < -0.4 is 10.2 Å². The van der Waals surface area contributed by atoms with Crippen LogP contribution in [0.4, 0.5) is 5.69 Å². The van der Waals surface area contributed by atoms with Crippen LogP contribution in [0, 0.1) is 6.92 Å². The van der Waals surface area contributed by atoms with E-state index in [1.54, 1.807) is 6.08 Å². The van der Waals surface area contributed by atoms with Crippen molar-refractivity contribution in [2.24, 2.45) is 0 Å². The van der Waals surface area contributed by atoms with Gasteiger partial charge in [-0.1, -0.05) is 89.9 Å². The number of nitrogens with one attached hydrogen (secondary N) is 1. The third-order valence-corrected chi connectivity index (χ3v) is 6.70. The Morgan fingerprint density at radius 3 is 2.34 bits per heavy atom. The Morgan fingerprint density at radius 1 is 0.931 bits per heavy atom. The molecule has 2 amide bonds. The number of hydrogen-bond acceptors (Lipinski definition) is 6. The molecule has 0 radical (unpaired) electrons. The summed E-state index contributed by atoms with van der Waals surface area (Å²) in [5, 5.41) is 2.59. The van der Waals surface area contributed by atoms with E-state index in [1.165, 1.54) is 28.4 Å². The minimum absolute atomic E-state index is 0.153. The standard InChI is InChI=1S/C21H14N2O2S4/c1-12-5-7-13(8-6-12)10-17-19(25)23(21(27)29-17)15-4-2-3-14(9-15)11-16-18(24)22-20(26)28-16/h2-11H,1H3,(H,22,24,26)/b16-11-,17-10-. The van der Waals surface area contributed by atoms with Crippen molar-refractivity contribution >= 4 is 86.3 Å². The maximum Gasteiger partial charge on any atom is 0.270 e. The Kier molecular flexibility index (Phi) is 5.69. The third-order valence-electron chi connectivity index (χ3n) is 4.24. The Labute approximate surface area is 187 Å². The molecule has 144 valence electrons. The van der Waals surface area contributed by atoms with Crippen molar-refractivity contribution in [3.63, 3.8) is 0 Å². The van der Waals surface area contributed by atoms with Crippen LogP contribution in [0.3, 0.4) is 0 Å². The van der Waals surface area contributed by atoms with Gasteiger partial charge in [0.1, 0.15) is 4.32 Å². The summed E-state index contributed by atoms with van der Waals surface area (Å²) in [6.07, 6.45) is 3.60. The third kappa shape index (κ3) is 4.35. The molecular weight excluding hydrogens is 441 g/mol. The number of amides is 2. The normalized spacial score (nSPS) is 19.6. The monoisotopic (exact) mass is 454 g/mol.